The van der Waals surface area contributed by atoms with Gasteiger partial charge in [-0.3, -0.25) is 9.59 Å². The van der Waals surface area contributed by atoms with Crippen LogP contribution >= 0.6 is 11.8 Å². The lowest BCUT2D eigenvalue weighted by atomic mass is 10.1. The number of amides is 2. The molecule has 3 aromatic rings. The Hall–Kier alpha value is -3.85. The second-order valence-corrected chi connectivity index (χ2v) is 8.64. The predicted molar refractivity (Wildman–Crippen MR) is 141 cm³/mol. The molecule has 8 nitrogen and oxygen atoms in total. The van der Waals surface area contributed by atoms with Crippen LogP contribution in [0.4, 0.5) is 5.69 Å². The van der Waals surface area contributed by atoms with E-state index in [-0.39, 0.29) is 17.6 Å². The summed E-state index contributed by atoms with van der Waals surface area (Å²) in [5.74, 6) is 2.19. The van der Waals surface area contributed by atoms with Gasteiger partial charge in [-0.05, 0) is 54.4 Å². The highest BCUT2D eigenvalue weighted by Gasteiger charge is 2.14. The lowest BCUT2D eigenvalue weighted by molar-refractivity contribution is -0.113. The summed E-state index contributed by atoms with van der Waals surface area (Å²) in [6.07, 6.45) is 0.614. The van der Waals surface area contributed by atoms with Crippen molar-refractivity contribution in [2.45, 2.75) is 11.3 Å². The number of carbonyl (C=O) groups excluding carboxylic acids is 2. The van der Waals surface area contributed by atoms with Gasteiger partial charge >= 0.3 is 0 Å². The van der Waals surface area contributed by atoms with Gasteiger partial charge in [0.15, 0.2) is 23.0 Å². The molecule has 0 radical (unpaired) electrons. The molecule has 0 saturated heterocycles. The highest BCUT2D eigenvalue weighted by atomic mass is 32.2. The third kappa shape index (κ3) is 7.08. The first-order valence-electron chi connectivity index (χ1n) is 11.2. The van der Waals surface area contributed by atoms with E-state index in [1.165, 1.54) is 11.8 Å². The van der Waals surface area contributed by atoms with Crippen molar-refractivity contribution in [3.63, 3.8) is 0 Å². The third-order valence-corrected chi connectivity index (χ3v) is 6.31. The summed E-state index contributed by atoms with van der Waals surface area (Å²) in [6.45, 7) is 0.422. The molecule has 190 valence electrons. The number of rotatable bonds is 12. The van der Waals surface area contributed by atoms with Gasteiger partial charge in [-0.1, -0.05) is 18.2 Å². The summed E-state index contributed by atoms with van der Waals surface area (Å²) in [5.41, 5.74) is 1.86. The standard InChI is InChI=1S/C27H30N2O6S/c1-32-22-11-9-18(15-24(22)34-3)13-14-28-27(31)20-7-5-6-8-21(20)29-26(30)17-36-19-10-12-23(33-2)25(16-19)35-4/h5-12,15-16H,13-14,17H2,1-4H3,(H,28,31)(H,29,30). The van der Waals surface area contributed by atoms with Crippen molar-refractivity contribution in [1.82, 2.24) is 5.32 Å². The van der Waals surface area contributed by atoms with Crippen LogP contribution in [-0.2, 0) is 11.2 Å². The van der Waals surface area contributed by atoms with Gasteiger partial charge in [0, 0.05) is 11.4 Å². The highest BCUT2D eigenvalue weighted by Crippen LogP contribution is 2.32. The summed E-state index contributed by atoms with van der Waals surface area (Å²) in [7, 11) is 6.31. The molecule has 36 heavy (non-hydrogen) atoms. The van der Waals surface area contributed by atoms with Gasteiger partial charge in [-0.15, -0.1) is 11.8 Å². The molecule has 2 N–H and O–H groups in total. The molecular formula is C27H30N2O6S. The first kappa shape index (κ1) is 26.7. The number of benzene rings is 3. The molecule has 2 amide bonds. The number of thioether (sulfide) groups is 1. The van der Waals surface area contributed by atoms with E-state index in [2.05, 4.69) is 10.6 Å². The van der Waals surface area contributed by atoms with E-state index in [0.29, 0.717) is 47.2 Å². The summed E-state index contributed by atoms with van der Waals surface area (Å²) >= 11 is 1.36. The predicted octanol–water partition coefficient (Wildman–Crippen LogP) is 4.42. The Labute approximate surface area is 215 Å². The van der Waals surface area contributed by atoms with E-state index in [1.54, 1.807) is 58.8 Å². The first-order chi connectivity index (χ1) is 17.5. The van der Waals surface area contributed by atoms with Crippen molar-refractivity contribution < 1.29 is 28.5 Å². The van der Waals surface area contributed by atoms with Gasteiger partial charge in [-0.2, -0.15) is 0 Å². The van der Waals surface area contributed by atoms with E-state index in [9.17, 15) is 9.59 Å². The average Bonchev–Trinajstić information content (AvgIpc) is 2.91. The SMILES string of the molecule is COc1ccc(CCNC(=O)c2ccccc2NC(=O)CSc2ccc(OC)c(OC)c2)cc1OC. The van der Waals surface area contributed by atoms with Crippen molar-refractivity contribution in [2.24, 2.45) is 0 Å². The molecule has 0 unspecified atom stereocenters. The Bertz CT molecular complexity index is 1200. The molecule has 0 saturated carbocycles. The molecular weight excluding hydrogens is 480 g/mol. The summed E-state index contributed by atoms with van der Waals surface area (Å²) in [6, 6.07) is 18.0. The van der Waals surface area contributed by atoms with Crippen molar-refractivity contribution in [1.29, 1.82) is 0 Å². The number of para-hydroxylation sites is 1. The molecule has 0 aliphatic rings. The molecule has 0 heterocycles. The fraction of sp³-hybridized carbons (Fsp3) is 0.259. The van der Waals surface area contributed by atoms with Gasteiger partial charge in [0.2, 0.25) is 5.91 Å². The zero-order valence-corrected chi connectivity index (χ0v) is 21.6. The number of methoxy groups -OCH3 is 4. The summed E-state index contributed by atoms with van der Waals surface area (Å²) < 4.78 is 21.1. The quantitative estimate of drug-likeness (QED) is 0.348. The maximum Gasteiger partial charge on any atom is 0.253 e. The number of hydrogen-bond acceptors (Lipinski definition) is 7. The maximum absolute atomic E-state index is 12.8. The smallest absolute Gasteiger partial charge is 0.253 e. The average molecular weight is 511 g/mol. The van der Waals surface area contributed by atoms with E-state index >= 15 is 0 Å². The lowest BCUT2D eigenvalue weighted by Gasteiger charge is -2.13. The number of anilines is 1. The van der Waals surface area contributed by atoms with Gasteiger partial charge in [0.1, 0.15) is 0 Å². The third-order valence-electron chi connectivity index (χ3n) is 5.32. The first-order valence-corrected chi connectivity index (χ1v) is 12.2. The normalized spacial score (nSPS) is 10.3. The van der Waals surface area contributed by atoms with Crippen LogP contribution in [0.5, 0.6) is 23.0 Å². The minimum Gasteiger partial charge on any atom is -0.493 e. The van der Waals surface area contributed by atoms with Crippen LogP contribution in [0.15, 0.2) is 65.6 Å². The molecule has 0 aliphatic heterocycles. The fourth-order valence-electron chi connectivity index (χ4n) is 3.48. The molecule has 0 bridgehead atoms. The molecule has 3 rings (SSSR count). The molecule has 9 heteroatoms. The van der Waals surface area contributed by atoms with Crippen molar-refractivity contribution >= 4 is 29.3 Å². The van der Waals surface area contributed by atoms with Gasteiger partial charge in [0.05, 0.1) is 45.4 Å². The van der Waals surface area contributed by atoms with Gasteiger partial charge in [0.25, 0.3) is 5.91 Å². The maximum atomic E-state index is 12.8. The molecule has 3 aromatic carbocycles. The molecule has 0 fully saturated rings. The van der Waals surface area contributed by atoms with E-state index in [1.807, 2.05) is 30.3 Å². The largest absolute Gasteiger partial charge is 0.493 e. The second kappa shape index (κ2) is 13.3. The summed E-state index contributed by atoms with van der Waals surface area (Å²) in [4.78, 5) is 26.3. The molecule has 0 aliphatic carbocycles. The van der Waals surface area contributed by atoms with Crippen LogP contribution in [0.1, 0.15) is 15.9 Å². The van der Waals surface area contributed by atoms with Crippen molar-refractivity contribution in [3.05, 3.63) is 71.8 Å². The Balaban J connectivity index is 1.56. The van der Waals surface area contributed by atoms with Crippen molar-refractivity contribution in [3.8, 4) is 23.0 Å². The number of ether oxygens (including phenoxy) is 4. The Morgan fingerprint density at radius 3 is 2.11 bits per heavy atom. The second-order valence-electron chi connectivity index (χ2n) is 7.59. The van der Waals surface area contributed by atoms with Gasteiger partial charge < -0.3 is 29.6 Å². The van der Waals surface area contributed by atoms with Crippen LogP contribution in [0, 0.1) is 0 Å². The van der Waals surface area contributed by atoms with Crippen LogP contribution in [0.2, 0.25) is 0 Å². The van der Waals surface area contributed by atoms with Crippen molar-refractivity contribution in [2.75, 3.05) is 46.1 Å². The minimum absolute atomic E-state index is 0.171. The number of hydrogen-bond donors (Lipinski definition) is 2. The highest BCUT2D eigenvalue weighted by molar-refractivity contribution is 8.00. The van der Waals surface area contributed by atoms with Crippen LogP contribution in [0.25, 0.3) is 0 Å². The van der Waals surface area contributed by atoms with E-state index < -0.39 is 0 Å². The topological polar surface area (TPSA) is 95.1 Å². The zero-order chi connectivity index (χ0) is 25.9. The van der Waals surface area contributed by atoms with E-state index in [4.69, 9.17) is 18.9 Å². The van der Waals surface area contributed by atoms with Crippen LogP contribution in [0.3, 0.4) is 0 Å². The Morgan fingerprint density at radius 2 is 1.42 bits per heavy atom. The minimum atomic E-state index is -0.265. The number of carbonyl (C=O) groups is 2. The fourth-order valence-corrected chi connectivity index (χ4v) is 4.21. The molecule has 0 spiro atoms. The van der Waals surface area contributed by atoms with Crippen LogP contribution < -0.4 is 29.6 Å². The summed E-state index contributed by atoms with van der Waals surface area (Å²) in [5, 5.41) is 5.76. The lowest BCUT2D eigenvalue weighted by Crippen LogP contribution is -2.27. The monoisotopic (exact) mass is 510 g/mol. The number of nitrogens with one attached hydrogen (secondary N) is 2. The van der Waals surface area contributed by atoms with Gasteiger partial charge in [-0.25, -0.2) is 0 Å². The Kier molecular flexibility index (Phi) is 9.88. The zero-order valence-electron chi connectivity index (χ0n) is 20.8. The molecule has 0 atom stereocenters. The van der Waals surface area contributed by atoms with Crippen LogP contribution in [-0.4, -0.2) is 52.6 Å². The Morgan fingerprint density at radius 1 is 0.778 bits per heavy atom. The van der Waals surface area contributed by atoms with E-state index in [0.717, 1.165) is 10.5 Å². The molecule has 0 aromatic heterocycles.